The van der Waals surface area contributed by atoms with Crippen LogP contribution >= 0.6 is 0 Å². The molecule has 0 aromatic heterocycles. The molecule has 1 saturated heterocycles. The van der Waals surface area contributed by atoms with E-state index in [9.17, 15) is 18.0 Å². The number of carbonyl (C=O) groups is 2. The molecular formula is C24H29N3O6S. The number of aryl methyl sites for hydroxylation is 1. The van der Waals surface area contributed by atoms with Gasteiger partial charge in [0.2, 0.25) is 15.9 Å². The number of carbonyl (C=O) groups excluding carboxylic acids is 2. The first-order valence-corrected chi connectivity index (χ1v) is 12.7. The molecular weight excluding hydrogens is 458 g/mol. The molecule has 10 heteroatoms. The van der Waals surface area contributed by atoms with Crippen LogP contribution in [0.1, 0.15) is 31.7 Å². The molecule has 2 unspecified atom stereocenters. The van der Waals surface area contributed by atoms with Gasteiger partial charge in [0.25, 0.3) is 5.91 Å². The average molecular weight is 488 g/mol. The number of hydrogen-bond donors (Lipinski definition) is 2. The molecule has 9 nitrogen and oxygen atoms in total. The zero-order valence-corrected chi connectivity index (χ0v) is 20.3. The number of fused-ring (bicyclic) bond motifs is 1. The number of methoxy groups -OCH3 is 1. The maximum atomic E-state index is 13.6. The van der Waals surface area contributed by atoms with Crippen LogP contribution < -0.4 is 20.1 Å². The molecule has 0 radical (unpaired) electrons. The van der Waals surface area contributed by atoms with Crippen molar-refractivity contribution < 1.29 is 27.5 Å². The average Bonchev–Trinajstić information content (AvgIpc) is 2.83. The molecule has 34 heavy (non-hydrogen) atoms. The van der Waals surface area contributed by atoms with Crippen LogP contribution in [0.25, 0.3) is 0 Å². The van der Waals surface area contributed by atoms with Gasteiger partial charge in [0.05, 0.1) is 23.6 Å². The van der Waals surface area contributed by atoms with Crippen molar-refractivity contribution in [1.29, 1.82) is 0 Å². The van der Waals surface area contributed by atoms with Crippen molar-refractivity contribution >= 4 is 33.2 Å². The summed E-state index contributed by atoms with van der Waals surface area (Å²) < 4.78 is 39.4. The number of ether oxygens (including phenoxy) is 2. The predicted octanol–water partition coefficient (Wildman–Crippen LogP) is 3.15. The molecule has 2 aliphatic heterocycles. The van der Waals surface area contributed by atoms with Gasteiger partial charge in [-0.2, -0.15) is 4.31 Å². The van der Waals surface area contributed by atoms with E-state index in [0.29, 0.717) is 54.2 Å². The van der Waals surface area contributed by atoms with Crippen molar-refractivity contribution in [3.05, 3.63) is 42.0 Å². The second-order valence-electron chi connectivity index (χ2n) is 8.54. The van der Waals surface area contributed by atoms with Crippen LogP contribution in [0.2, 0.25) is 0 Å². The molecule has 1 fully saturated rings. The van der Waals surface area contributed by atoms with Gasteiger partial charge in [0.15, 0.2) is 6.10 Å². The van der Waals surface area contributed by atoms with Crippen LogP contribution in [0.5, 0.6) is 11.5 Å². The summed E-state index contributed by atoms with van der Waals surface area (Å²) in [7, 11) is -2.32. The summed E-state index contributed by atoms with van der Waals surface area (Å²) >= 11 is 0. The Kier molecular flexibility index (Phi) is 6.81. The van der Waals surface area contributed by atoms with Gasteiger partial charge in [0.1, 0.15) is 11.5 Å². The quantitative estimate of drug-likeness (QED) is 0.647. The largest absolute Gasteiger partial charge is 0.497 e. The highest BCUT2D eigenvalue weighted by Gasteiger charge is 2.36. The molecule has 0 bridgehead atoms. The fourth-order valence-electron chi connectivity index (χ4n) is 4.29. The Bertz CT molecular complexity index is 1210. The number of anilines is 2. The highest BCUT2D eigenvalue weighted by Crippen LogP contribution is 2.36. The van der Waals surface area contributed by atoms with Crippen molar-refractivity contribution in [2.45, 2.75) is 44.1 Å². The van der Waals surface area contributed by atoms with E-state index in [1.807, 2.05) is 6.92 Å². The maximum Gasteiger partial charge on any atom is 0.265 e. The Hall–Kier alpha value is -3.11. The Morgan fingerprint density at radius 3 is 2.82 bits per heavy atom. The molecule has 0 saturated carbocycles. The van der Waals surface area contributed by atoms with Crippen molar-refractivity contribution in [2.24, 2.45) is 5.92 Å². The van der Waals surface area contributed by atoms with Crippen LogP contribution in [-0.4, -0.2) is 50.8 Å². The lowest BCUT2D eigenvalue weighted by atomic mass is 9.98. The van der Waals surface area contributed by atoms with Crippen LogP contribution in [-0.2, 0) is 19.6 Å². The van der Waals surface area contributed by atoms with Crippen LogP contribution in [0.3, 0.4) is 0 Å². The van der Waals surface area contributed by atoms with Gasteiger partial charge in [-0.15, -0.1) is 0 Å². The first-order valence-electron chi connectivity index (χ1n) is 11.3. The van der Waals surface area contributed by atoms with E-state index in [1.165, 1.54) is 10.4 Å². The number of amides is 2. The fourth-order valence-corrected chi connectivity index (χ4v) is 6.04. The van der Waals surface area contributed by atoms with E-state index >= 15 is 0 Å². The van der Waals surface area contributed by atoms with Crippen molar-refractivity contribution in [3.8, 4) is 11.5 Å². The first-order chi connectivity index (χ1) is 16.2. The molecule has 2 atom stereocenters. The topological polar surface area (TPSA) is 114 Å². The molecule has 2 aromatic carbocycles. The van der Waals surface area contributed by atoms with E-state index in [1.54, 1.807) is 44.4 Å². The second kappa shape index (κ2) is 9.63. The van der Waals surface area contributed by atoms with Gasteiger partial charge in [-0.25, -0.2) is 8.42 Å². The Morgan fingerprint density at radius 1 is 1.29 bits per heavy atom. The number of benzene rings is 2. The lowest BCUT2D eigenvalue weighted by Crippen LogP contribution is -2.44. The summed E-state index contributed by atoms with van der Waals surface area (Å²) in [6.07, 6.45) is 0.977. The van der Waals surface area contributed by atoms with Gasteiger partial charge >= 0.3 is 0 Å². The predicted molar refractivity (Wildman–Crippen MR) is 128 cm³/mol. The van der Waals surface area contributed by atoms with Crippen molar-refractivity contribution in [3.63, 3.8) is 0 Å². The lowest BCUT2D eigenvalue weighted by Gasteiger charge is -2.32. The minimum Gasteiger partial charge on any atom is -0.497 e. The molecule has 4 rings (SSSR count). The Labute approximate surface area is 199 Å². The fraction of sp³-hybridized carbons (Fsp3) is 0.417. The monoisotopic (exact) mass is 487 g/mol. The summed E-state index contributed by atoms with van der Waals surface area (Å²) in [6.45, 7) is 3.93. The smallest absolute Gasteiger partial charge is 0.265 e. The van der Waals surface area contributed by atoms with Crippen molar-refractivity contribution in [1.82, 2.24) is 4.31 Å². The van der Waals surface area contributed by atoms with Gasteiger partial charge in [-0.3, -0.25) is 9.59 Å². The summed E-state index contributed by atoms with van der Waals surface area (Å²) in [5.41, 5.74) is 1.56. The van der Waals surface area contributed by atoms with E-state index in [2.05, 4.69) is 10.6 Å². The highest BCUT2D eigenvalue weighted by molar-refractivity contribution is 7.89. The summed E-state index contributed by atoms with van der Waals surface area (Å²) in [5.74, 6) is 0.00273. The second-order valence-corrected chi connectivity index (χ2v) is 10.4. The molecule has 2 N–H and O–H groups in total. The third kappa shape index (κ3) is 4.74. The maximum absolute atomic E-state index is 13.6. The first kappa shape index (κ1) is 24.0. The zero-order chi connectivity index (χ0) is 24.5. The molecule has 2 aliphatic rings. The third-order valence-electron chi connectivity index (χ3n) is 6.18. The van der Waals surface area contributed by atoms with Gasteiger partial charge in [-0.05, 0) is 49.9 Å². The summed E-state index contributed by atoms with van der Waals surface area (Å²) in [4.78, 5) is 25.1. The van der Waals surface area contributed by atoms with Crippen molar-refractivity contribution in [2.75, 3.05) is 30.8 Å². The number of rotatable bonds is 6. The Morgan fingerprint density at radius 2 is 2.09 bits per heavy atom. The molecule has 2 heterocycles. The minimum absolute atomic E-state index is 0.0871. The van der Waals surface area contributed by atoms with Gasteiger partial charge in [-0.1, -0.05) is 13.0 Å². The van der Waals surface area contributed by atoms with E-state index in [-0.39, 0.29) is 23.3 Å². The number of nitrogens with one attached hydrogen (secondary N) is 2. The zero-order valence-electron chi connectivity index (χ0n) is 19.5. The van der Waals surface area contributed by atoms with Gasteiger partial charge < -0.3 is 20.1 Å². The molecule has 0 aliphatic carbocycles. The summed E-state index contributed by atoms with van der Waals surface area (Å²) in [5, 5.41) is 5.64. The Balaban J connectivity index is 1.53. The lowest BCUT2D eigenvalue weighted by molar-refractivity contribution is -0.123. The third-order valence-corrected chi connectivity index (χ3v) is 8.18. The molecule has 182 valence electrons. The number of piperidine rings is 1. The number of nitrogens with zero attached hydrogens (tertiary/aromatic N) is 1. The van der Waals surface area contributed by atoms with E-state index in [4.69, 9.17) is 9.47 Å². The molecule has 2 amide bonds. The van der Waals surface area contributed by atoms with E-state index in [0.717, 1.165) is 0 Å². The normalized spacial score (nSPS) is 20.6. The number of hydrogen-bond acceptors (Lipinski definition) is 6. The van der Waals surface area contributed by atoms with Crippen LogP contribution in [0.15, 0.2) is 41.3 Å². The van der Waals surface area contributed by atoms with Crippen LogP contribution in [0.4, 0.5) is 11.4 Å². The minimum atomic E-state index is -3.87. The van der Waals surface area contributed by atoms with Gasteiger partial charge in [0, 0.05) is 30.9 Å². The molecule has 2 aromatic rings. The SMILES string of the molecule is CCC1Oc2cc(S(=O)(=O)N3CCCC(C(=O)Nc4cccc(OC)c4)C3)c(C)cc2NC1=O. The molecule has 0 spiro atoms. The number of sulfonamides is 1. The summed E-state index contributed by atoms with van der Waals surface area (Å²) in [6, 6.07) is 10.1. The van der Waals surface area contributed by atoms with E-state index < -0.39 is 22.0 Å². The highest BCUT2D eigenvalue weighted by atomic mass is 32.2. The standard InChI is InChI=1S/C24H29N3O6S/c1-4-20-24(29)26-19-11-15(2)22(13-21(19)33-20)34(30,31)27-10-6-7-16(14-27)23(28)25-17-8-5-9-18(12-17)32-3/h5,8-9,11-13,16,20H,4,6-7,10,14H2,1-3H3,(H,25,28)(H,26,29). The van der Waals surface area contributed by atoms with Crippen LogP contribution in [0, 0.1) is 12.8 Å².